The highest BCUT2D eigenvalue weighted by Crippen LogP contribution is 2.35. The summed E-state index contributed by atoms with van der Waals surface area (Å²) in [6.45, 7) is 4.92. The standard InChI is InChI=1S/C23H27N3O2S/c1-4-16-6-8-17(9-7-16)12-25(3)20(27)13-26-14-24-22-21(23(26)28)18-10-5-15(2)11-19(18)29-22/h6-9,14-15H,4-5,10-13H2,1-3H3/t15-/m1/s1. The molecule has 1 aliphatic carbocycles. The summed E-state index contributed by atoms with van der Waals surface area (Å²) in [5.74, 6) is 0.560. The fourth-order valence-electron chi connectivity index (χ4n) is 3.99. The summed E-state index contributed by atoms with van der Waals surface area (Å²) in [6.07, 6.45) is 5.58. The maximum atomic E-state index is 13.1. The molecule has 0 saturated heterocycles. The van der Waals surface area contributed by atoms with Gasteiger partial charge in [-0.15, -0.1) is 11.3 Å². The molecule has 0 saturated carbocycles. The molecule has 1 aromatic carbocycles. The van der Waals surface area contributed by atoms with Crippen LogP contribution in [-0.2, 0) is 37.1 Å². The Labute approximate surface area is 175 Å². The molecule has 0 radical (unpaired) electrons. The first-order valence-corrected chi connectivity index (χ1v) is 11.1. The fourth-order valence-corrected chi connectivity index (χ4v) is 5.33. The Morgan fingerprint density at radius 1 is 1.28 bits per heavy atom. The highest BCUT2D eigenvalue weighted by Gasteiger charge is 2.23. The molecule has 1 aliphatic rings. The predicted molar refractivity (Wildman–Crippen MR) is 117 cm³/mol. The second-order valence-corrected chi connectivity index (χ2v) is 9.21. The van der Waals surface area contributed by atoms with Crippen LogP contribution in [0.25, 0.3) is 10.2 Å². The summed E-state index contributed by atoms with van der Waals surface area (Å²) in [5, 5.41) is 0.727. The lowest BCUT2D eigenvalue weighted by atomic mass is 9.89. The van der Waals surface area contributed by atoms with Crippen molar-refractivity contribution in [1.82, 2.24) is 14.5 Å². The zero-order valence-electron chi connectivity index (χ0n) is 17.3. The van der Waals surface area contributed by atoms with Crippen LogP contribution in [0, 0.1) is 5.92 Å². The van der Waals surface area contributed by atoms with E-state index in [2.05, 4.69) is 43.1 Å². The average molecular weight is 410 g/mol. The van der Waals surface area contributed by atoms with E-state index in [4.69, 9.17) is 0 Å². The molecule has 1 atom stereocenters. The number of nitrogens with zero attached hydrogens (tertiary/aromatic N) is 3. The zero-order valence-corrected chi connectivity index (χ0v) is 18.1. The molecule has 4 rings (SSSR count). The van der Waals surface area contributed by atoms with Crippen LogP contribution in [0.4, 0.5) is 0 Å². The first kappa shape index (κ1) is 19.8. The topological polar surface area (TPSA) is 55.2 Å². The predicted octanol–water partition coefficient (Wildman–Crippen LogP) is 3.80. The van der Waals surface area contributed by atoms with Crippen molar-refractivity contribution in [1.29, 1.82) is 0 Å². The zero-order chi connectivity index (χ0) is 20.5. The molecule has 0 spiro atoms. The summed E-state index contributed by atoms with van der Waals surface area (Å²) in [6, 6.07) is 8.30. The van der Waals surface area contributed by atoms with Gasteiger partial charge in [0.15, 0.2) is 0 Å². The third kappa shape index (κ3) is 3.99. The van der Waals surface area contributed by atoms with Crippen LogP contribution >= 0.6 is 11.3 Å². The summed E-state index contributed by atoms with van der Waals surface area (Å²) in [5.41, 5.74) is 3.44. The summed E-state index contributed by atoms with van der Waals surface area (Å²) in [4.78, 5) is 34.1. The highest BCUT2D eigenvalue weighted by atomic mass is 32.1. The average Bonchev–Trinajstić information content (AvgIpc) is 3.08. The van der Waals surface area contributed by atoms with Gasteiger partial charge in [0.05, 0.1) is 11.7 Å². The third-order valence-electron chi connectivity index (χ3n) is 5.86. The molecule has 3 aromatic rings. The van der Waals surface area contributed by atoms with Gasteiger partial charge in [-0.25, -0.2) is 4.98 Å². The number of amides is 1. The molecule has 0 N–H and O–H groups in total. The first-order valence-electron chi connectivity index (χ1n) is 10.3. The lowest BCUT2D eigenvalue weighted by Gasteiger charge is -2.19. The number of carbonyl (C=O) groups excluding carboxylic acids is 1. The number of fused-ring (bicyclic) bond motifs is 3. The Morgan fingerprint density at radius 2 is 2.00 bits per heavy atom. The molecule has 0 bridgehead atoms. The molecular formula is C23H27N3O2S. The van der Waals surface area contributed by atoms with Crippen molar-refractivity contribution in [2.75, 3.05) is 7.05 Å². The number of hydrogen-bond acceptors (Lipinski definition) is 4. The van der Waals surface area contributed by atoms with Gasteiger partial charge in [0.1, 0.15) is 11.4 Å². The molecule has 5 nitrogen and oxygen atoms in total. The lowest BCUT2D eigenvalue weighted by molar-refractivity contribution is -0.131. The molecule has 1 amide bonds. The second-order valence-electron chi connectivity index (χ2n) is 8.13. The minimum Gasteiger partial charge on any atom is -0.340 e. The Balaban J connectivity index is 1.53. The van der Waals surface area contributed by atoms with Crippen molar-refractivity contribution in [2.24, 2.45) is 5.92 Å². The van der Waals surface area contributed by atoms with Gasteiger partial charge in [-0.1, -0.05) is 38.1 Å². The van der Waals surface area contributed by atoms with Crippen LogP contribution in [-0.4, -0.2) is 27.4 Å². The van der Waals surface area contributed by atoms with E-state index in [1.165, 1.54) is 21.3 Å². The van der Waals surface area contributed by atoms with Crippen molar-refractivity contribution >= 4 is 27.5 Å². The SMILES string of the molecule is CCc1ccc(CN(C)C(=O)Cn2cnc3sc4c(c3c2=O)CC[C@@H](C)C4)cc1. The van der Waals surface area contributed by atoms with Gasteiger partial charge in [0.25, 0.3) is 5.56 Å². The number of aromatic nitrogens is 2. The number of aryl methyl sites for hydroxylation is 2. The van der Waals surface area contributed by atoms with Crippen molar-refractivity contribution in [2.45, 2.75) is 52.6 Å². The Bertz CT molecular complexity index is 1100. The van der Waals surface area contributed by atoms with Crippen molar-refractivity contribution in [3.63, 3.8) is 0 Å². The fraction of sp³-hybridized carbons (Fsp3) is 0.435. The second kappa shape index (κ2) is 8.11. The number of benzene rings is 1. The van der Waals surface area contributed by atoms with Crippen LogP contribution in [0.2, 0.25) is 0 Å². The van der Waals surface area contributed by atoms with Gasteiger partial charge in [0, 0.05) is 18.5 Å². The van der Waals surface area contributed by atoms with Gasteiger partial charge in [0.2, 0.25) is 5.91 Å². The Morgan fingerprint density at radius 3 is 2.72 bits per heavy atom. The maximum absolute atomic E-state index is 13.1. The van der Waals surface area contributed by atoms with Gasteiger partial charge in [-0.3, -0.25) is 14.2 Å². The monoisotopic (exact) mass is 409 g/mol. The van der Waals surface area contributed by atoms with Crippen molar-refractivity contribution in [3.05, 3.63) is 62.5 Å². The van der Waals surface area contributed by atoms with Crippen molar-refractivity contribution in [3.8, 4) is 0 Å². The molecule has 0 aliphatic heterocycles. The van der Waals surface area contributed by atoms with E-state index < -0.39 is 0 Å². The summed E-state index contributed by atoms with van der Waals surface area (Å²) in [7, 11) is 1.78. The van der Waals surface area contributed by atoms with E-state index in [-0.39, 0.29) is 18.0 Å². The van der Waals surface area contributed by atoms with Gasteiger partial charge >= 0.3 is 0 Å². The largest absolute Gasteiger partial charge is 0.340 e. The Hall–Kier alpha value is -2.47. The first-order chi connectivity index (χ1) is 14.0. The van der Waals surface area contributed by atoms with Gasteiger partial charge in [-0.05, 0) is 48.3 Å². The lowest BCUT2D eigenvalue weighted by Crippen LogP contribution is -2.33. The number of carbonyl (C=O) groups is 1. The smallest absolute Gasteiger partial charge is 0.262 e. The van der Waals surface area contributed by atoms with E-state index in [1.54, 1.807) is 23.3 Å². The molecule has 2 heterocycles. The molecule has 0 fully saturated rings. The van der Waals surface area contributed by atoms with Crippen LogP contribution < -0.4 is 5.56 Å². The van der Waals surface area contributed by atoms with E-state index in [0.717, 1.165) is 47.0 Å². The maximum Gasteiger partial charge on any atom is 0.262 e. The van der Waals surface area contributed by atoms with Crippen molar-refractivity contribution < 1.29 is 4.79 Å². The van der Waals surface area contributed by atoms with E-state index in [9.17, 15) is 9.59 Å². The van der Waals surface area contributed by atoms with Crippen LogP contribution in [0.5, 0.6) is 0 Å². The molecule has 152 valence electrons. The van der Waals surface area contributed by atoms with Crippen LogP contribution in [0.3, 0.4) is 0 Å². The minimum absolute atomic E-state index is 0.0202. The van der Waals surface area contributed by atoms with E-state index in [1.807, 2.05) is 0 Å². The molecule has 0 unspecified atom stereocenters. The molecular weight excluding hydrogens is 382 g/mol. The van der Waals surface area contributed by atoms with E-state index >= 15 is 0 Å². The normalized spacial score (nSPS) is 16.0. The quantitative estimate of drug-likeness (QED) is 0.644. The van der Waals surface area contributed by atoms with Gasteiger partial charge in [-0.2, -0.15) is 0 Å². The summed E-state index contributed by atoms with van der Waals surface area (Å²) < 4.78 is 1.46. The number of thiophene rings is 1. The molecule has 2 aromatic heterocycles. The highest BCUT2D eigenvalue weighted by molar-refractivity contribution is 7.18. The number of hydrogen-bond donors (Lipinski definition) is 0. The minimum atomic E-state index is -0.0921. The third-order valence-corrected chi connectivity index (χ3v) is 7.03. The number of rotatable bonds is 5. The van der Waals surface area contributed by atoms with Crippen LogP contribution in [0.1, 0.15) is 41.8 Å². The number of likely N-dealkylation sites (N-methyl/N-ethyl adjacent to an activating group) is 1. The molecule has 29 heavy (non-hydrogen) atoms. The summed E-state index contributed by atoms with van der Waals surface area (Å²) >= 11 is 1.64. The van der Waals surface area contributed by atoms with Crippen LogP contribution in [0.15, 0.2) is 35.4 Å². The van der Waals surface area contributed by atoms with E-state index in [0.29, 0.717) is 12.5 Å². The molecule has 6 heteroatoms. The Kier molecular flexibility index (Phi) is 5.54. The van der Waals surface area contributed by atoms with Gasteiger partial charge < -0.3 is 4.90 Å².